The highest BCUT2D eigenvalue weighted by Gasteiger charge is 2.26. The minimum Gasteiger partial charge on any atom is -0.488 e. The Balaban J connectivity index is 1.90. The molecule has 0 saturated heterocycles. The Morgan fingerprint density at radius 2 is 2.26 bits per heavy atom. The van der Waals surface area contributed by atoms with Crippen molar-refractivity contribution in [2.45, 2.75) is 51.7 Å². The number of aryl methyl sites for hydroxylation is 1. The van der Waals surface area contributed by atoms with Crippen molar-refractivity contribution in [2.75, 3.05) is 13.2 Å². The summed E-state index contributed by atoms with van der Waals surface area (Å²) >= 11 is 0. The summed E-state index contributed by atoms with van der Waals surface area (Å²) < 4.78 is 5.95. The van der Waals surface area contributed by atoms with Crippen LogP contribution in [-0.4, -0.2) is 29.9 Å². The topological polar surface area (TPSA) is 41.5 Å². The molecule has 0 aromatic heterocycles. The lowest BCUT2D eigenvalue weighted by molar-refractivity contribution is 0.177. The first-order valence-corrected chi connectivity index (χ1v) is 7.18. The second kappa shape index (κ2) is 5.93. The molecule has 1 heterocycles. The molecule has 0 bridgehead atoms. The molecule has 19 heavy (non-hydrogen) atoms. The van der Waals surface area contributed by atoms with E-state index in [4.69, 9.17) is 9.84 Å². The minimum atomic E-state index is 0.00278. The van der Waals surface area contributed by atoms with Gasteiger partial charge >= 0.3 is 0 Å². The molecule has 1 aromatic rings. The molecule has 2 atom stereocenters. The number of rotatable bonds is 6. The summed E-state index contributed by atoms with van der Waals surface area (Å²) in [5.74, 6) is 1.03. The third-order valence-electron chi connectivity index (χ3n) is 4.16. The number of nitrogens with one attached hydrogen (secondary N) is 1. The molecule has 1 aromatic carbocycles. The van der Waals surface area contributed by atoms with Crippen LogP contribution in [0.1, 0.15) is 37.8 Å². The first kappa shape index (κ1) is 14.4. The second-order valence-corrected chi connectivity index (χ2v) is 5.82. The van der Waals surface area contributed by atoms with E-state index < -0.39 is 0 Å². The molecule has 1 aliphatic rings. The number of aliphatic hydroxyl groups is 1. The molecule has 3 heteroatoms. The Labute approximate surface area is 116 Å². The SMILES string of the molecule is CCC(C)(CCO)NCC1Cc2cc(C)ccc2O1. The van der Waals surface area contributed by atoms with Gasteiger partial charge in [-0.1, -0.05) is 24.6 Å². The fourth-order valence-corrected chi connectivity index (χ4v) is 2.56. The summed E-state index contributed by atoms with van der Waals surface area (Å²) in [5.41, 5.74) is 2.60. The molecule has 0 aliphatic carbocycles. The average Bonchev–Trinajstić information content (AvgIpc) is 2.79. The summed E-state index contributed by atoms with van der Waals surface area (Å²) in [7, 11) is 0. The van der Waals surface area contributed by atoms with Crippen molar-refractivity contribution >= 4 is 0 Å². The van der Waals surface area contributed by atoms with E-state index in [9.17, 15) is 0 Å². The molecule has 0 spiro atoms. The van der Waals surface area contributed by atoms with Crippen LogP contribution in [0.15, 0.2) is 18.2 Å². The van der Waals surface area contributed by atoms with E-state index in [1.165, 1.54) is 11.1 Å². The van der Waals surface area contributed by atoms with Gasteiger partial charge in [0.2, 0.25) is 0 Å². The molecule has 106 valence electrons. The normalized spacial score (nSPS) is 20.7. The van der Waals surface area contributed by atoms with Crippen LogP contribution < -0.4 is 10.1 Å². The number of ether oxygens (including phenoxy) is 1. The maximum absolute atomic E-state index is 9.13. The summed E-state index contributed by atoms with van der Waals surface area (Å²) in [6.07, 6.45) is 2.97. The van der Waals surface area contributed by atoms with Gasteiger partial charge in [-0.3, -0.25) is 0 Å². The Bertz CT molecular complexity index is 433. The maximum Gasteiger partial charge on any atom is 0.123 e. The van der Waals surface area contributed by atoms with Crippen molar-refractivity contribution < 1.29 is 9.84 Å². The standard InChI is InChI=1S/C16H25NO2/c1-4-16(3,7-8-18)17-11-14-10-13-9-12(2)5-6-15(13)19-14/h5-6,9,14,17-18H,4,7-8,10-11H2,1-3H3. The number of aliphatic hydroxyl groups excluding tert-OH is 1. The molecule has 0 saturated carbocycles. The molecule has 1 aliphatic heterocycles. The summed E-state index contributed by atoms with van der Waals surface area (Å²) in [5, 5.41) is 12.7. The zero-order valence-corrected chi connectivity index (χ0v) is 12.2. The third kappa shape index (κ3) is 3.48. The smallest absolute Gasteiger partial charge is 0.123 e. The Hall–Kier alpha value is -1.06. The average molecular weight is 263 g/mol. The van der Waals surface area contributed by atoms with E-state index >= 15 is 0 Å². The lowest BCUT2D eigenvalue weighted by atomic mass is 9.94. The van der Waals surface area contributed by atoms with Crippen LogP contribution in [0.2, 0.25) is 0 Å². The van der Waals surface area contributed by atoms with Crippen LogP contribution in [0.25, 0.3) is 0 Å². The summed E-state index contributed by atoms with van der Waals surface area (Å²) in [6.45, 7) is 7.48. The van der Waals surface area contributed by atoms with Crippen molar-refractivity contribution in [3.05, 3.63) is 29.3 Å². The highest BCUT2D eigenvalue weighted by Crippen LogP contribution is 2.29. The van der Waals surface area contributed by atoms with Gasteiger partial charge in [-0.15, -0.1) is 0 Å². The van der Waals surface area contributed by atoms with Gasteiger partial charge in [0.25, 0.3) is 0 Å². The zero-order valence-electron chi connectivity index (χ0n) is 12.2. The van der Waals surface area contributed by atoms with E-state index in [-0.39, 0.29) is 18.2 Å². The van der Waals surface area contributed by atoms with E-state index in [2.05, 4.69) is 44.3 Å². The minimum absolute atomic E-state index is 0.00278. The van der Waals surface area contributed by atoms with Crippen molar-refractivity contribution in [2.24, 2.45) is 0 Å². The van der Waals surface area contributed by atoms with Gasteiger partial charge in [-0.2, -0.15) is 0 Å². The van der Waals surface area contributed by atoms with Gasteiger partial charge in [-0.25, -0.2) is 0 Å². The molecule has 2 rings (SSSR count). The van der Waals surface area contributed by atoms with Crippen LogP contribution in [0, 0.1) is 6.92 Å². The fraction of sp³-hybridized carbons (Fsp3) is 0.625. The number of benzene rings is 1. The predicted molar refractivity (Wildman–Crippen MR) is 77.7 cm³/mol. The predicted octanol–water partition coefficient (Wildman–Crippen LogP) is 2.44. The summed E-state index contributed by atoms with van der Waals surface area (Å²) in [6, 6.07) is 6.37. The van der Waals surface area contributed by atoms with Gasteiger partial charge in [0, 0.05) is 25.1 Å². The van der Waals surface area contributed by atoms with Gasteiger partial charge in [0.05, 0.1) is 0 Å². The molecule has 2 N–H and O–H groups in total. The van der Waals surface area contributed by atoms with Crippen LogP contribution in [0.3, 0.4) is 0 Å². The molecular formula is C16H25NO2. The highest BCUT2D eigenvalue weighted by molar-refractivity contribution is 5.40. The molecular weight excluding hydrogens is 238 g/mol. The summed E-state index contributed by atoms with van der Waals surface area (Å²) in [4.78, 5) is 0. The molecule has 2 unspecified atom stereocenters. The fourth-order valence-electron chi connectivity index (χ4n) is 2.56. The van der Waals surface area contributed by atoms with Gasteiger partial charge in [-0.05, 0) is 38.3 Å². The van der Waals surface area contributed by atoms with Crippen molar-refractivity contribution in [1.82, 2.24) is 5.32 Å². The van der Waals surface area contributed by atoms with E-state index in [0.717, 1.165) is 31.6 Å². The molecule has 0 fully saturated rings. The van der Waals surface area contributed by atoms with Crippen LogP contribution in [-0.2, 0) is 6.42 Å². The van der Waals surface area contributed by atoms with E-state index in [1.807, 2.05) is 0 Å². The quantitative estimate of drug-likeness (QED) is 0.828. The van der Waals surface area contributed by atoms with E-state index in [0.29, 0.717) is 0 Å². The van der Waals surface area contributed by atoms with Crippen molar-refractivity contribution in [1.29, 1.82) is 0 Å². The second-order valence-electron chi connectivity index (χ2n) is 5.82. The number of hydrogen-bond acceptors (Lipinski definition) is 3. The number of fused-ring (bicyclic) bond motifs is 1. The largest absolute Gasteiger partial charge is 0.488 e. The Morgan fingerprint density at radius 1 is 1.47 bits per heavy atom. The van der Waals surface area contributed by atoms with Crippen LogP contribution in [0.4, 0.5) is 0 Å². The van der Waals surface area contributed by atoms with Crippen molar-refractivity contribution in [3.63, 3.8) is 0 Å². The molecule has 0 amide bonds. The first-order chi connectivity index (χ1) is 9.06. The Morgan fingerprint density at radius 3 is 2.95 bits per heavy atom. The maximum atomic E-state index is 9.13. The zero-order chi connectivity index (χ0) is 13.9. The van der Waals surface area contributed by atoms with Crippen LogP contribution in [0.5, 0.6) is 5.75 Å². The monoisotopic (exact) mass is 263 g/mol. The van der Waals surface area contributed by atoms with Gasteiger partial charge < -0.3 is 15.2 Å². The Kier molecular flexibility index (Phi) is 4.48. The lowest BCUT2D eigenvalue weighted by Gasteiger charge is -2.30. The molecule has 3 nitrogen and oxygen atoms in total. The number of hydrogen-bond donors (Lipinski definition) is 2. The first-order valence-electron chi connectivity index (χ1n) is 7.18. The van der Waals surface area contributed by atoms with E-state index in [1.54, 1.807) is 0 Å². The van der Waals surface area contributed by atoms with Crippen LogP contribution >= 0.6 is 0 Å². The third-order valence-corrected chi connectivity index (χ3v) is 4.16. The lowest BCUT2D eigenvalue weighted by Crippen LogP contribution is -2.46. The molecule has 0 radical (unpaired) electrons. The van der Waals surface area contributed by atoms with Gasteiger partial charge in [0.1, 0.15) is 11.9 Å². The van der Waals surface area contributed by atoms with Crippen molar-refractivity contribution in [3.8, 4) is 5.75 Å². The van der Waals surface area contributed by atoms with Gasteiger partial charge in [0.15, 0.2) is 0 Å². The highest BCUT2D eigenvalue weighted by atomic mass is 16.5.